The standard InChI is InChI=1S/C18H27NO2.ClH/c1-15-6-5-12-19(14-15)11-3-4-13-21-18-9-7-17(8-10-18)16(2)20;/h7-10,15H,3-6,11-14H2,1-2H3;1H. The fraction of sp³-hybridized carbons (Fsp3) is 0.611. The normalized spacial score (nSPS) is 18.5. The van der Waals surface area contributed by atoms with Crippen LogP contribution in [0.3, 0.4) is 0 Å². The first-order valence-corrected chi connectivity index (χ1v) is 8.11. The number of Topliss-reactive ketones (excluding diaryl/α,β-unsaturated/α-hetero) is 1. The predicted molar refractivity (Wildman–Crippen MR) is 93.3 cm³/mol. The number of hydrogen-bond donors (Lipinski definition) is 0. The molecule has 1 aromatic rings. The lowest BCUT2D eigenvalue weighted by Crippen LogP contribution is -2.35. The maximum atomic E-state index is 11.2. The lowest BCUT2D eigenvalue weighted by atomic mass is 10.0. The van der Waals surface area contributed by atoms with Crippen molar-refractivity contribution in [2.45, 2.75) is 39.5 Å². The van der Waals surface area contributed by atoms with Gasteiger partial charge in [-0.05, 0) is 75.9 Å². The molecule has 1 atom stereocenters. The number of halogens is 1. The largest absolute Gasteiger partial charge is 0.494 e. The van der Waals surface area contributed by atoms with E-state index in [0.29, 0.717) is 0 Å². The first kappa shape index (κ1) is 19.0. The van der Waals surface area contributed by atoms with Crippen LogP contribution < -0.4 is 4.74 Å². The van der Waals surface area contributed by atoms with Gasteiger partial charge >= 0.3 is 0 Å². The zero-order valence-corrected chi connectivity index (χ0v) is 14.5. The van der Waals surface area contributed by atoms with E-state index in [4.69, 9.17) is 4.74 Å². The molecule has 0 N–H and O–H groups in total. The van der Waals surface area contributed by atoms with Crippen LogP contribution in [0.5, 0.6) is 5.75 Å². The van der Waals surface area contributed by atoms with Crippen molar-refractivity contribution < 1.29 is 9.53 Å². The summed E-state index contributed by atoms with van der Waals surface area (Å²) in [7, 11) is 0. The third-order valence-corrected chi connectivity index (χ3v) is 4.14. The van der Waals surface area contributed by atoms with Crippen molar-refractivity contribution in [2.24, 2.45) is 5.92 Å². The average Bonchev–Trinajstić information content (AvgIpc) is 2.47. The molecular weight excluding hydrogens is 298 g/mol. The van der Waals surface area contributed by atoms with E-state index in [1.165, 1.54) is 38.9 Å². The summed E-state index contributed by atoms with van der Waals surface area (Å²) in [5, 5.41) is 0. The minimum atomic E-state index is 0. The number of ketones is 1. The Bertz CT molecular complexity index is 447. The summed E-state index contributed by atoms with van der Waals surface area (Å²) in [6.07, 6.45) is 5.01. The van der Waals surface area contributed by atoms with Gasteiger partial charge in [-0.3, -0.25) is 4.79 Å². The second kappa shape index (κ2) is 9.86. The van der Waals surface area contributed by atoms with Crippen molar-refractivity contribution in [2.75, 3.05) is 26.2 Å². The van der Waals surface area contributed by atoms with Crippen molar-refractivity contribution >= 4 is 18.2 Å². The molecular formula is C18H28ClNO2. The number of carbonyl (C=O) groups is 1. The van der Waals surface area contributed by atoms with E-state index in [-0.39, 0.29) is 18.2 Å². The second-order valence-electron chi connectivity index (χ2n) is 6.18. The highest BCUT2D eigenvalue weighted by Gasteiger charge is 2.15. The first-order chi connectivity index (χ1) is 10.1. The molecule has 2 rings (SSSR count). The third kappa shape index (κ3) is 6.37. The van der Waals surface area contributed by atoms with Crippen LogP contribution in [0.1, 0.15) is 49.9 Å². The minimum absolute atomic E-state index is 0. The maximum Gasteiger partial charge on any atom is 0.159 e. The lowest BCUT2D eigenvalue weighted by Gasteiger charge is -2.30. The molecule has 0 aromatic heterocycles. The van der Waals surface area contributed by atoms with Gasteiger partial charge in [0.25, 0.3) is 0 Å². The molecule has 1 saturated heterocycles. The van der Waals surface area contributed by atoms with Gasteiger partial charge in [0.05, 0.1) is 6.61 Å². The molecule has 0 aliphatic carbocycles. The summed E-state index contributed by atoms with van der Waals surface area (Å²) in [4.78, 5) is 13.8. The van der Waals surface area contributed by atoms with Crippen LogP contribution in [0.25, 0.3) is 0 Å². The molecule has 1 unspecified atom stereocenters. The van der Waals surface area contributed by atoms with Crippen molar-refractivity contribution in [1.82, 2.24) is 4.90 Å². The average molecular weight is 326 g/mol. The summed E-state index contributed by atoms with van der Waals surface area (Å²) in [6.45, 7) is 8.39. The van der Waals surface area contributed by atoms with Crippen LogP contribution in [0.15, 0.2) is 24.3 Å². The Kier molecular flexibility index (Phi) is 8.51. The predicted octanol–water partition coefficient (Wildman–Crippen LogP) is 4.20. The second-order valence-corrected chi connectivity index (χ2v) is 6.18. The van der Waals surface area contributed by atoms with Crippen LogP contribution in [0.4, 0.5) is 0 Å². The molecule has 1 aromatic carbocycles. The van der Waals surface area contributed by atoms with Crippen molar-refractivity contribution in [3.63, 3.8) is 0 Å². The Balaban J connectivity index is 0.00000242. The quantitative estimate of drug-likeness (QED) is 0.556. The molecule has 0 radical (unpaired) electrons. The fourth-order valence-electron chi connectivity index (χ4n) is 2.90. The zero-order valence-electron chi connectivity index (χ0n) is 13.7. The van der Waals surface area contributed by atoms with Crippen LogP contribution >= 0.6 is 12.4 Å². The number of benzene rings is 1. The highest BCUT2D eigenvalue weighted by molar-refractivity contribution is 5.94. The number of carbonyl (C=O) groups excluding carboxylic acids is 1. The number of piperidine rings is 1. The monoisotopic (exact) mass is 325 g/mol. The van der Waals surface area contributed by atoms with Crippen molar-refractivity contribution in [3.05, 3.63) is 29.8 Å². The van der Waals surface area contributed by atoms with Crippen molar-refractivity contribution in [1.29, 1.82) is 0 Å². The van der Waals surface area contributed by atoms with Crippen LogP contribution in [0, 0.1) is 5.92 Å². The van der Waals surface area contributed by atoms with Crippen LogP contribution in [-0.4, -0.2) is 36.9 Å². The van der Waals surface area contributed by atoms with Crippen LogP contribution in [-0.2, 0) is 0 Å². The van der Waals surface area contributed by atoms with E-state index in [9.17, 15) is 4.79 Å². The number of likely N-dealkylation sites (tertiary alicyclic amines) is 1. The van der Waals surface area contributed by atoms with E-state index in [1.54, 1.807) is 6.92 Å². The molecule has 22 heavy (non-hydrogen) atoms. The van der Waals surface area contributed by atoms with E-state index in [2.05, 4.69) is 11.8 Å². The van der Waals surface area contributed by atoms with E-state index in [0.717, 1.165) is 30.3 Å². The van der Waals surface area contributed by atoms with Crippen LogP contribution in [0.2, 0.25) is 0 Å². The number of hydrogen-bond acceptors (Lipinski definition) is 3. The molecule has 0 bridgehead atoms. The molecule has 3 nitrogen and oxygen atoms in total. The Morgan fingerprint density at radius 2 is 2.00 bits per heavy atom. The molecule has 1 heterocycles. The van der Waals surface area contributed by atoms with Gasteiger partial charge in [0.1, 0.15) is 5.75 Å². The Labute approximate surface area is 140 Å². The van der Waals surface area contributed by atoms with Gasteiger partial charge < -0.3 is 9.64 Å². The van der Waals surface area contributed by atoms with E-state index >= 15 is 0 Å². The molecule has 0 spiro atoms. The third-order valence-electron chi connectivity index (χ3n) is 4.14. The molecule has 1 fully saturated rings. The highest BCUT2D eigenvalue weighted by atomic mass is 35.5. The summed E-state index contributed by atoms with van der Waals surface area (Å²) in [5.41, 5.74) is 0.738. The number of nitrogens with zero attached hydrogens (tertiary/aromatic N) is 1. The maximum absolute atomic E-state index is 11.2. The lowest BCUT2D eigenvalue weighted by molar-refractivity contribution is 0.101. The molecule has 124 valence electrons. The summed E-state index contributed by atoms with van der Waals surface area (Å²) < 4.78 is 5.72. The number of rotatable bonds is 7. The highest BCUT2D eigenvalue weighted by Crippen LogP contribution is 2.16. The smallest absolute Gasteiger partial charge is 0.159 e. The Hall–Kier alpha value is -1.06. The summed E-state index contributed by atoms with van der Waals surface area (Å²) >= 11 is 0. The summed E-state index contributed by atoms with van der Waals surface area (Å²) in [6, 6.07) is 7.41. The molecule has 4 heteroatoms. The minimum Gasteiger partial charge on any atom is -0.494 e. The molecule has 1 aliphatic heterocycles. The van der Waals surface area contributed by atoms with Gasteiger partial charge in [0.15, 0.2) is 5.78 Å². The molecule has 0 saturated carbocycles. The SMILES string of the molecule is CC(=O)c1ccc(OCCCCN2CCCC(C)C2)cc1.Cl. The van der Waals surface area contributed by atoms with Gasteiger partial charge in [-0.1, -0.05) is 6.92 Å². The van der Waals surface area contributed by atoms with E-state index < -0.39 is 0 Å². The zero-order chi connectivity index (χ0) is 15.1. The Morgan fingerprint density at radius 1 is 1.27 bits per heavy atom. The fourth-order valence-corrected chi connectivity index (χ4v) is 2.90. The van der Waals surface area contributed by atoms with Crippen molar-refractivity contribution in [3.8, 4) is 5.75 Å². The van der Waals surface area contributed by atoms with Gasteiger partial charge in [0, 0.05) is 12.1 Å². The van der Waals surface area contributed by atoms with E-state index in [1.807, 2.05) is 24.3 Å². The number of unbranched alkanes of at least 4 members (excludes halogenated alkanes) is 1. The molecule has 1 aliphatic rings. The van der Waals surface area contributed by atoms with Gasteiger partial charge in [-0.2, -0.15) is 0 Å². The van der Waals surface area contributed by atoms with Gasteiger partial charge in [0.2, 0.25) is 0 Å². The van der Waals surface area contributed by atoms with Gasteiger partial charge in [-0.15, -0.1) is 12.4 Å². The molecule has 0 amide bonds. The number of ether oxygens (including phenoxy) is 1. The first-order valence-electron chi connectivity index (χ1n) is 8.11. The summed E-state index contributed by atoms with van der Waals surface area (Å²) in [5.74, 6) is 1.80. The van der Waals surface area contributed by atoms with Gasteiger partial charge in [-0.25, -0.2) is 0 Å². The topological polar surface area (TPSA) is 29.5 Å². The Morgan fingerprint density at radius 3 is 2.64 bits per heavy atom.